The lowest BCUT2D eigenvalue weighted by Crippen LogP contribution is -2.17. The van der Waals surface area contributed by atoms with Gasteiger partial charge in [-0.25, -0.2) is 5.43 Å². The van der Waals surface area contributed by atoms with Crippen molar-refractivity contribution in [2.24, 2.45) is 5.10 Å². The third kappa shape index (κ3) is 3.19. The second-order valence-corrected chi connectivity index (χ2v) is 5.37. The van der Waals surface area contributed by atoms with Crippen LogP contribution >= 0.6 is 0 Å². The Morgan fingerprint density at radius 2 is 1.81 bits per heavy atom. The molecule has 0 bridgehead atoms. The molecule has 0 saturated carbocycles. The number of nitrogens with one attached hydrogen (secondary N) is 2. The summed E-state index contributed by atoms with van der Waals surface area (Å²) in [5.74, 6) is 1.17. The number of hydrogen-bond acceptors (Lipinski definition) is 5. The number of fused-ring (bicyclic) bond motifs is 1. The van der Waals surface area contributed by atoms with Gasteiger partial charge in [0.1, 0.15) is 0 Å². The lowest BCUT2D eigenvalue weighted by molar-refractivity contribution is 0.0957. The Balaban J connectivity index is 1.81. The Kier molecular flexibility index (Phi) is 5.07. The van der Waals surface area contributed by atoms with Crippen molar-refractivity contribution in [3.63, 3.8) is 0 Å². The summed E-state index contributed by atoms with van der Waals surface area (Å²) in [5, 5.41) is 4.87. The van der Waals surface area contributed by atoms with Crippen molar-refractivity contribution in [2.45, 2.75) is 0 Å². The van der Waals surface area contributed by atoms with Crippen LogP contribution in [0.5, 0.6) is 17.2 Å². The van der Waals surface area contributed by atoms with E-state index in [4.69, 9.17) is 14.2 Å². The van der Waals surface area contributed by atoms with Crippen LogP contribution in [0.1, 0.15) is 15.9 Å². The van der Waals surface area contributed by atoms with Gasteiger partial charge in [-0.2, -0.15) is 5.10 Å². The number of H-pyrrole nitrogens is 1. The zero-order valence-electron chi connectivity index (χ0n) is 14.7. The standard InChI is InChI=1S/C19H19N3O4/c1-24-16-9-8-12(17(25-2)18(16)26-3)10-21-22-19(23)14-11-20-15-7-5-4-6-13(14)15/h4-11,20H,1-3H3,(H,22,23)/b21-10-. The molecule has 0 atom stereocenters. The van der Waals surface area contributed by atoms with Gasteiger partial charge < -0.3 is 19.2 Å². The van der Waals surface area contributed by atoms with E-state index in [1.165, 1.54) is 20.4 Å². The quantitative estimate of drug-likeness (QED) is 0.527. The number of carbonyl (C=O) groups is 1. The lowest BCUT2D eigenvalue weighted by Gasteiger charge is -2.13. The van der Waals surface area contributed by atoms with E-state index in [1.54, 1.807) is 25.4 Å². The van der Waals surface area contributed by atoms with Gasteiger partial charge in [-0.3, -0.25) is 4.79 Å². The third-order valence-electron chi connectivity index (χ3n) is 3.94. The first kappa shape index (κ1) is 17.3. The van der Waals surface area contributed by atoms with Crippen molar-refractivity contribution in [3.05, 3.63) is 53.7 Å². The van der Waals surface area contributed by atoms with Crippen LogP contribution in [-0.2, 0) is 0 Å². The highest BCUT2D eigenvalue weighted by Crippen LogP contribution is 2.38. The number of amides is 1. The maximum atomic E-state index is 12.4. The first-order valence-electron chi connectivity index (χ1n) is 7.88. The van der Waals surface area contributed by atoms with E-state index in [0.29, 0.717) is 28.4 Å². The molecule has 0 unspecified atom stereocenters. The number of benzene rings is 2. The number of ether oxygens (including phenoxy) is 3. The van der Waals surface area contributed by atoms with E-state index in [1.807, 2.05) is 24.3 Å². The molecule has 2 aromatic carbocycles. The summed E-state index contributed by atoms with van der Waals surface area (Å²) in [6.45, 7) is 0. The molecule has 0 radical (unpaired) electrons. The van der Waals surface area contributed by atoms with Crippen molar-refractivity contribution in [1.82, 2.24) is 10.4 Å². The van der Waals surface area contributed by atoms with E-state index >= 15 is 0 Å². The highest BCUT2D eigenvalue weighted by Gasteiger charge is 2.15. The SMILES string of the molecule is COc1ccc(/C=N\NC(=O)c2c[nH]c3ccccc23)c(OC)c1OC. The van der Waals surface area contributed by atoms with Gasteiger partial charge in [-0.05, 0) is 18.2 Å². The molecule has 3 rings (SSSR count). The van der Waals surface area contributed by atoms with Crippen LogP contribution in [0.3, 0.4) is 0 Å². The summed E-state index contributed by atoms with van der Waals surface area (Å²) in [6.07, 6.45) is 3.15. The first-order chi connectivity index (χ1) is 12.7. The van der Waals surface area contributed by atoms with Gasteiger partial charge in [0.05, 0.1) is 33.1 Å². The van der Waals surface area contributed by atoms with Crippen LogP contribution in [0.25, 0.3) is 10.9 Å². The van der Waals surface area contributed by atoms with Crippen LogP contribution in [0.15, 0.2) is 47.7 Å². The number of nitrogens with zero attached hydrogens (tertiary/aromatic N) is 1. The van der Waals surface area contributed by atoms with Crippen LogP contribution < -0.4 is 19.6 Å². The molecule has 0 aliphatic rings. The predicted octanol–water partition coefficient (Wildman–Crippen LogP) is 2.96. The number of aromatic amines is 1. The average molecular weight is 353 g/mol. The number of hydrogen-bond donors (Lipinski definition) is 2. The van der Waals surface area contributed by atoms with Crippen LogP contribution in [0.4, 0.5) is 0 Å². The fraction of sp³-hybridized carbons (Fsp3) is 0.158. The van der Waals surface area contributed by atoms with Crippen molar-refractivity contribution in [2.75, 3.05) is 21.3 Å². The summed E-state index contributed by atoms with van der Waals surface area (Å²) in [5.41, 5.74) is 4.59. The van der Waals surface area contributed by atoms with Crippen molar-refractivity contribution < 1.29 is 19.0 Å². The third-order valence-corrected chi connectivity index (χ3v) is 3.94. The van der Waals surface area contributed by atoms with Gasteiger partial charge in [-0.1, -0.05) is 18.2 Å². The van der Waals surface area contributed by atoms with E-state index in [-0.39, 0.29) is 5.91 Å². The molecule has 3 aromatic rings. The van der Waals surface area contributed by atoms with Gasteiger partial charge in [0, 0.05) is 22.7 Å². The predicted molar refractivity (Wildman–Crippen MR) is 99.5 cm³/mol. The van der Waals surface area contributed by atoms with E-state index < -0.39 is 0 Å². The van der Waals surface area contributed by atoms with Crippen molar-refractivity contribution >= 4 is 23.0 Å². The Hall–Kier alpha value is -3.48. The maximum absolute atomic E-state index is 12.4. The van der Waals surface area contributed by atoms with Gasteiger partial charge in [0.15, 0.2) is 11.5 Å². The highest BCUT2D eigenvalue weighted by atomic mass is 16.5. The summed E-state index contributed by atoms with van der Waals surface area (Å²) in [6, 6.07) is 11.1. The molecule has 2 N–H and O–H groups in total. The smallest absolute Gasteiger partial charge is 0.273 e. The second-order valence-electron chi connectivity index (χ2n) is 5.37. The topological polar surface area (TPSA) is 84.9 Å². The maximum Gasteiger partial charge on any atom is 0.273 e. The summed E-state index contributed by atoms with van der Waals surface area (Å²) >= 11 is 0. The average Bonchev–Trinajstić information content (AvgIpc) is 3.11. The Labute approximate surface area is 150 Å². The van der Waals surface area contributed by atoms with Gasteiger partial charge in [-0.15, -0.1) is 0 Å². The summed E-state index contributed by atoms with van der Waals surface area (Å²) < 4.78 is 16.0. The molecule has 7 heteroatoms. The largest absolute Gasteiger partial charge is 0.493 e. The molecule has 1 aromatic heterocycles. The molecular formula is C19H19N3O4. The molecule has 0 spiro atoms. The molecule has 1 heterocycles. The molecule has 1 amide bonds. The normalized spacial score (nSPS) is 10.9. The molecule has 7 nitrogen and oxygen atoms in total. The lowest BCUT2D eigenvalue weighted by atomic mass is 10.2. The van der Waals surface area contributed by atoms with Gasteiger partial charge in [0.25, 0.3) is 5.91 Å². The minimum Gasteiger partial charge on any atom is -0.493 e. The van der Waals surface area contributed by atoms with E-state index in [0.717, 1.165) is 10.9 Å². The summed E-state index contributed by atoms with van der Waals surface area (Å²) in [4.78, 5) is 15.4. The first-order valence-corrected chi connectivity index (χ1v) is 7.88. The molecule has 26 heavy (non-hydrogen) atoms. The molecule has 0 aliphatic heterocycles. The van der Waals surface area contributed by atoms with Crippen molar-refractivity contribution in [3.8, 4) is 17.2 Å². The fourth-order valence-corrected chi connectivity index (χ4v) is 2.71. The molecule has 134 valence electrons. The highest BCUT2D eigenvalue weighted by molar-refractivity contribution is 6.06. The van der Waals surface area contributed by atoms with Crippen LogP contribution in [-0.4, -0.2) is 38.4 Å². The number of rotatable bonds is 6. The van der Waals surface area contributed by atoms with Crippen LogP contribution in [0.2, 0.25) is 0 Å². The summed E-state index contributed by atoms with van der Waals surface area (Å²) in [7, 11) is 4.60. The number of hydrazone groups is 1. The number of para-hydroxylation sites is 1. The van der Waals surface area contributed by atoms with Crippen LogP contribution in [0, 0.1) is 0 Å². The minimum atomic E-state index is -0.307. The second kappa shape index (κ2) is 7.60. The van der Waals surface area contributed by atoms with Crippen molar-refractivity contribution in [1.29, 1.82) is 0 Å². The fourth-order valence-electron chi connectivity index (χ4n) is 2.71. The molecule has 0 fully saturated rings. The van der Waals surface area contributed by atoms with Gasteiger partial charge >= 0.3 is 0 Å². The molecule has 0 saturated heterocycles. The van der Waals surface area contributed by atoms with E-state index in [9.17, 15) is 4.79 Å². The number of methoxy groups -OCH3 is 3. The zero-order chi connectivity index (χ0) is 18.5. The number of carbonyl (C=O) groups excluding carboxylic acids is 1. The Morgan fingerprint density at radius 3 is 2.54 bits per heavy atom. The number of aromatic nitrogens is 1. The van der Waals surface area contributed by atoms with E-state index in [2.05, 4.69) is 15.5 Å². The zero-order valence-corrected chi connectivity index (χ0v) is 14.7. The molecular weight excluding hydrogens is 334 g/mol. The molecule has 0 aliphatic carbocycles. The Morgan fingerprint density at radius 1 is 1.04 bits per heavy atom. The Bertz CT molecular complexity index is 963. The van der Waals surface area contributed by atoms with Gasteiger partial charge in [0.2, 0.25) is 5.75 Å². The monoisotopic (exact) mass is 353 g/mol. The minimum absolute atomic E-state index is 0.307.